The second-order valence-corrected chi connectivity index (χ2v) is 5.96. The number of fused-ring (bicyclic) bond motifs is 2. The Labute approximate surface area is 152 Å². The molecular formula is C17H11F6N5. The number of benzene rings is 2. The molecule has 0 saturated heterocycles. The lowest BCUT2D eigenvalue weighted by Gasteiger charge is -2.10. The second-order valence-electron chi connectivity index (χ2n) is 5.96. The van der Waals surface area contributed by atoms with Gasteiger partial charge in [0, 0.05) is 24.7 Å². The Hall–Kier alpha value is -3.37. The number of H-pyrrole nitrogens is 1. The number of hydrogen-bond acceptors (Lipinski definition) is 3. The minimum Gasteiger partial charge on any atom is -0.357 e. The summed E-state index contributed by atoms with van der Waals surface area (Å²) in [5, 5.41) is 2.91. The average Bonchev–Trinajstić information content (AvgIpc) is 3.16. The Kier molecular flexibility index (Phi) is 3.91. The molecular weight excluding hydrogens is 388 g/mol. The van der Waals surface area contributed by atoms with E-state index in [4.69, 9.17) is 0 Å². The molecule has 2 heterocycles. The van der Waals surface area contributed by atoms with Crippen molar-refractivity contribution in [3.05, 3.63) is 53.5 Å². The Balaban J connectivity index is 1.87. The number of rotatable bonds is 3. The lowest BCUT2D eigenvalue weighted by molar-refractivity contribution is -0.137. The largest absolute Gasteiger partial charge is 0.416 e. The monoisotopic (exact) mass is 399 g/mol. The van der Waals surface area contributed by atoms with E-state index in [2.05, 4.69) is 20.7 Å². The molecule has 0 aliphatic heterocycles. The van der Waals surface area contributed by atoms with E-state index in [-0.39, 0.29) is 33.6 Å². The van der Waals surface area contributed by atoms with E-state index in [0.29, 0.717) is 18.2 Å². The highest BCUT2D eigenvalue weighted by atomic mass is 19.4. The molecule has 4 aromatic rings. The van der Waals surface area contributed by atoms with Gasteiger partial charge in [-0.05, 0) is 18.2 Å². The van der Waals surface area contributed by atoms with Crippen LogP contribution in [0.3, 0.4) is 0 Å². The van der Waals surface area contributed by atoms with Crippen molar-refractivity contribution in [2.45, 2.75) is 6.18 Å². The summed E-state index contributed by atoms with van der Waals surface area (Å²) in [6, 6.07) is 2.87. The number of imidazole rings is 1. The van der Waals surface area contributed by atoms with Crippen LogP contribution >= 0.6 is 0 Å². The molecule has 0 spiro atoms. The summed E-state index contributed by atoms with van der Waals surface area (Å²) in [6.07, 6.45) is -3.40. The van der Waals surface area contributed by atoms with Crippen LogP contribution < -0.4 is 10.7 Å². The third kappa shape index (κ3) is 2.79. The highest BCUT2D eigenvalue weighted by Crippen LogP contribution is 2.34. The molecule has 28 heavy (non-hydrogen) atoms. The first-order valence-corrected chi connectivity index (χ1v) is 7.89. The molecule has 5 nitrogen and oxygen atoms in total. The van der Waals surface area contributed by atoms with Crippen molar-refractivity contribution in [2.24, 2.45) is 0 Å². The molecule has 0 saturated carbocycles. The van der Waals surface area contributed by atoms with E-state index < -0.39 is 29.2 Å². The number of halogens is 6. The topological polar surface area (TPSA) is 57.7 Å². The lowest BCUT2D eigenvalue weighted by atomic mass is 10.2. The summed E-state index contributed by atoms with van der Waals surface area (Å²) < 4.78 is 81.6. The smallest absolute Gasteiger partial charge is 0.357 e. The molecule has 4 rings (SSSR count). The molecule has 0 aliphatic carbocycles. The predicted octanol–water partition coefficient (Wildman–Crippen LogP) is 4.87. The first-order valence-electron chi connectivity index (χ1n) is 7.89. The van der Waals surface area contributed by atoms with E-state index in [0.717, 1.165) is 10.7 Å². The fourth-order valence-electron chi connectivity index (χ4n) is 3.01. The van der Waals surface area contributed by atoms with Gasteiger partial charge < -0.3 is 15.7 Å². The zero-order valence-corrected chi connectivity index (χ0v) is 14.0. The highest BCUT2D eigenvalue weighted by Gasteiger charge is 2.32. The SMILES string of the molecule is CNn1c(Nc2c[nH]c3c(F)cc(F)cc23)nc2cc(C(F)(F)F)cc(F)c21. The zero-order valence-electron chi connectivity index (χ0n) is 14.0. The van der Waals surface area contributed by atoms with E-state index >= 15 is 0 Å². The molecule has 0 radical (unpaired) electrons. The van der Waals surface area contributed by atoms with Crippen molar-refractivity contribution >= 4 is 33.6 Å². The van der Waals surface area contributed by atoms with Gasteiger partial charge in [0.25, 0.3) is 0 Å². The van der Waals surface area contributed by atoms with Crippen molar-refractivity contribution in [2.75, 3.05) is 17.8 Å². The number of alkyl halides is 3. The number of hydrogen-bond donors (Lipinski definition) is 3. The summed E-state index contributed by atoms with van der Waals surface area (Å²) in [5.74, 6) is -2.82. The maximum atomic E-state index is 14.3. The van der Waals surface area contributed by atoms with Gasteiger partial charge in [-0.15, -0.1) is 0 Å². The maximum Gasteiger partial charge on any atom is 0.416 e. The average molecular weight is 399 g/mol. The van der Waals surface area contributed by atoms with Crippen LogP contribution in [0.15, 0.2) is 30.5 Å². The summed E-state index contributed by atoms with van der Waals surface area (Å²) in [5.41, 5.74) is 1.21. The van der Waals surface area contributed by atoms with Crippen LogP contribution in [0.25, 0.3) is 21.9 Å². The van der Waals surface area contributed by atoms with Gasteiger partial charge in [0.1, 0.15) is 17.2 Å². The van der Waals surface area contributed by atoms with Crippen LogP contribution in [0.5, 0.6) is 0 Å². The number of nitrogens with one attached hydrogen (secondary N) is 3. The Morgan fingerprint density at radius 1 is 1.04 bits per heavy atom. The highest BCUT2D eigenvalue weighted by molar-refractivity contribution is 5.94. The quantitative estimate of drug-likeness (QED) is 0.431. The molecule has 0 fully saturated rings. The van der Waals surface area contributed by atoms with Crippen molar-refractivity contribution in [3.8, 4) is 0 Å². The van der Waals surface area contributed by atoms with Gasteiger partial charge in [-0.25, -0.2) is 22.8 Å². The molecule has 0 aliphatic rings. The lowest BCUT2D eigenvalue weighted by Crippen LogP contribution is -2.13. The molecule has 0 atom stereocenters. The van der Waals surface area contributed by atoms with Crippen LogP contribution in [0.4, 0.5) is 38.0 Å². The molecule has 146 valence electrons. The Morgan fingerprint density at radius 2 is 1.79 bits per heavy atom. The summed E-state index contributed by atoms with van der Waals surface area (Å²) >= 11 is 0. The van der Waals surface area contributed by atoms with Gasteiger partial charge in [0.15, 0.2) is 5.82 Å². The number of nitrogens with zero attached hydrogens (tertiary/aromatic N) is 2. The van der Waals surface area contributed by atoms with Crippen LogP contribution in [-0.4, -0.2) is 21.7 Å². The first-order chi connectivity index (χ1) is 13.2. The van der Waals surface area contributed by atoms with Gasteiger partial charge >= 0.3 is 6.18 Å². The van der Waals surface area contributed by atoms with Crippen LogP contribution in [0.2, 0.25) is 0 Å². The maximum absolute atomic E-state index is 14.3. The van der Waals surface area contributed by atoms with Gasteiger partial charge in [-0.3, -0.25) is 0 Å². The second kappa shape index (κ2) is 6.08. The van der Waals surface area contributed by atoms with Crippen molar-refractivity contribution in [1.82, 2.24) is 14.6 Å². The Bertz CT molecular complexity index is 1210. The minimum absolute atomic E-state index is 0.0292. The molecule has 2 aromatic heterocycles. The van der Waals surface area contributed by atoms with E-state index in [1.165, 1.54) is 13.2 Å². The van der Waals surface area contributed by atoms with Crippen LogP contribution in [0.1, 0.15) is 5.56 Å². The molecule has 0 bridgehead atoms. The van der Waals surface area contributed by atoms with E-state index in [1.807, 2.05) is 0 Å². The fourth-order valence-corrected chi connectivity index (χ4v) is 3.01. The first kappa shape index (κ1) is 18.0. The third-order valence-corrected chi connectivity index (χ3v) is 4.21. The van der Waals surface area contributed by atoms with Gasteiger partial charge in [0.05, 0.1) is 22.3 Å². The third-order valence-electron chi connectivity index (χ3n) is 4.21. The standard InChI is InChI=1S/C17H11F6N5/c1-24-28-15-11(20)2-7(17(21,22)23)3-12(15)26-16(28)27-13-6-25-14-9(13)4-8(18)5-10(14)19/h2-6,24-25H,1H3,(H,26,27). The van der Waals surface area contributed by atoms with Crippen molar-refractivity contribution in [1.29, 1.82) is 0 Å². The number of aromatic nitrogens is 3. The number of anilines is 2. The van der Waals surface area contributed by atoms with Crippen molar-refractivity contribution in [3.63, 3.8) is 0 Å². The van der Waals surface area contributed by atoms with Crippen LogP contribution in [-0.2, 0) is 6.18 Å². The summed E-state index contributed by atoms with van der Waals surface area (Å²) in [4.78, 5) is 6.62. The minimum atomic E-state index is -4.74. The van der Waals surface area contributed by atoms with Crippen LogP contribution in [0, 0.1) is 17.5 Å². The normalized spacial score (nSPS) is 12.1. The predicted molar refractivity (Wildman–Crippen MR) is 91.5 cm³/mol. The summed E-state index contributed by atoms with van der Waals surface area (Å²) in [7, 11) is 1.41. The zero-order chi connectivity index (χ0) is 20.2. The molecule has 3 N–H and O–H groups in total. The molecule has 0 amide bonds. The van der Waals surface area contributed by atoms with E-state index in [9.17, 15) is 26.3 Å². The molecule has 11 heteroatoms. The number of aromatic amines is 1. The molecule has 0 unspecified atom stereocenters. The molecule has 2 aromatic carbocycles. The Morgan fingerprint density at radius 3 is 2.46 bits per heavy atom. The van der Waals surface area contributed by atoms with Gasteiger partial charge in [-0.1, -0.05) is 0 Å². The summed E-state index contributed by atoms with van der Waals surface area (Å²) in [6.45, 7) is 0. The van der Waals surface area contributed by atoms with Gasteiger partial charge in [0.2, 0.25) is 5.95 Å². The fraction of sp³-hybridized carbons (Fsp3) is 0.118. The van der Waals surface area contributed by atoms with Crippen molar-refractivity contribution < 1.29 is 26.3 Å². The van der Waals surface area contributed by atoms with E-state index in [1.54, 1.807) is 0 Å². The van der Waals surface area contributed by atoms with Gasteiger partial charge in [-0.2, -0.15) is 13.2 Å².